The number of hydrogen-bond acceptors (Lipinski definition) is 3. The number of nitrogens with zero attached hydrogens (tertiary/aromatic N) is 4. The van der Waals surface area contributed by atoms with E-state index in [1.54, 1.807) is 0 Å². The summed E-state index contributed by atoms with van der Waals surface area (Å²) in [4.78, 5) is 5.22. The highest BCUT2D eigenvalue weighted by Gasteiger charge is 2.38. The molecule has 2 saturated heterocycles. The summed E-state index contributed by atoms with van der Waals surface area (Å²) in [5.41, 5.74) is 0. The average Bonchev–Trinajstić information content (AvgIpc) is 2.94. The van der Waals surface area contributed by atoms with Crippen molar-refractivity contribution >= 4 is 5.82 Å². The van der Waals surface area contributed by atoms with Gasteiger partial charge in [-0.3, -0.25) is 9.58 Å². The van der Waals surface area contributed by atoms with Gasteiger partial charge in [0.1, 0.15) is 0 Å². The maximum absolute atomic E-state index is 4.61. The Kier molecular flexibility index (Phi) is 3.06. The Morgan fingerprint density at radius 1 is 1.33 bits per heavy atom. The van der Waals surface area contributed by atoms with Crippen LogP contribution in [0, 0.1) is 5.92 Å². The Bertz CT molecular complexity index is 412. The lowest BCUT2D eigenvalue weighted by atomic mass is 9.97. The SMILES string of the molecule is CC(C)C1CN2CCCC2CN1c1ccn(C)n1. The molecule has 3 rings (SSSR count). The zero-order valence-corrected chi connectivity index (χ0v) is 11.7. The summed E-state index contributed by atoms with van der Waals surface area (Å²) in [5.74, 6) is 1.83. The van der Waals surface area contributed by atoms with Crippen molar-refractivity contribution < 1.29 is 0 Å². The summed E-state index contributed by atoms with van der Waals surface area (Å²) in [6.45, 7) is 8.32. The summed E-state index contributed by atoms with van der Waals surface area (Å²) >= 11 is 0. The van der Waals surface area contributed by atoms with Gasteiger partial charge in [0.05, 0.1) is 0 Å². The van der Waals surface area contributed by atoms with Crippen LogP contribution >= 0.6 is 0 Å². The molecule has 2 fully saturated rings. The molecule has 2 atom stereocenters. The van der Waals surface area contributed by atoms with Crippen molar-refractivity contribution in [3.05, 3.63) is 12.3 Å². The smallest absolute Gasteiger partial charge is 0.150 e. The lowest BCUT2D eigenvalue weighted by molar-refractivity contribution is 0.176. The van der Waals surface area contributed by atoms with Gasteiger partial charge < -0.3 is 4.90 Å². The highest BCUT2D eigenvalue weighted by atomic mass is 15.4. The molecule has 0 N–H and O–H groups in total. The summed E-state index contributed by atoms with van der Waals surface area (Å²) in [5, 5.41) is 4.61. The van der Waals surface area contributed by atoms with Crippen molar-refractivity contribution in [2.24, 2.45) is 13.0 Å². The van der Waals surface area contributed by atoms with Crippen LogP contribution in [-0.2, 0) is 7.05 Å². The zero-order chi connectivity index (χ0) is 12.7. The molecule has 1 aromatic rings. The third kappa shape index (κ3) is 2.03. The molecule has 0 amide bonds. The minimum atomic E-state index is 0.606. The lowest BCUT2D eigenvalue weighted by Gasteiger charge is -2.45. The molecular formula is C14H24N4. The van der Waals surface area contributed by atoms with Gasteiger partial charge in [-0.2, -0.15) is 5.10 Å². The van der Waals surface area contributed by atoms with Crippen molar-refractivity contribution in [1.29, 1.82) is 0 Å². The van der Waals surface area contributed by atoms with E-state index in [2.05, 4.69) is 34.8 Å². The maximum Gasteiger partial charge on any atom is 0.150 e. The zero-order valence-electron chi connectivity index (χ0n) is 11.7. The number of aryl methyl sites for hydroxylation is 1. The standard InChI is InChI=1S/C14H24N4/c1-11(2)13-10-17-7-4-5-12(17)9-18(13)14-6-8-16(3)15-14/h6,8,11-13H,4-5,7,9-10H2,1-3H3. The summed E-state index contributed by atoms with van der Waals surface area (Å²) < 4.78 is 1.91. The van der Waals surface area contributed by atoms with Gasteiger partial charge in [-0.05, 0) is 25.3 Å². The van der Waals surface area contributed by atoms with Crippen LogP contribution in [0.15, 0.2) is 12.3 Å². The number of anilines is 1. The van der Waals surface area contributed by atoms with Gasteiger partial charge >= 0.3 is 0 Å². The highest BCUT2D eigenvalue weighted by Crippen LogP contribution is 2.30. The second-order valence-corrected chi connectivity index (χ2v) is 6.10. The quantitative estimate of drug-likeness (QED) is 0.796. The van der Waals surface area contributed by atoms with E-state index in [1.807, 2.05) is 17.9 Å². The van der Waals surface area contributed by atoms with Gasteiger partial charge in [0.25, 0.3) is 0 Å². The van der Waals surface area contributed by atoms with Gasteiger partial charge in [-0.25, -0.2) is 0 Å². The first kappa shape index (κ1) is 12.0. The van der Waals surface area contributed by atoms with Gasteiger partial charge in [0, 0.05) is 44.5 Å². The molecule has 1 aromatic heterocycles. The predicted molar refractivity (Wildman–Crippen MR) is 73.8 cm³/mol. The molecule has 18 heavy (non-hydrogen) atoms. The minimum absolute atomic E-state index is 0.606. The lowest BCUT2D eigenvalue weighted by Crippen LogP contribution is -2.58. The molecule has 100 valence electrons. The van der Waals surface area contributed by atoms with Crippen LogP contribution in [0.3, 0.4) is 0 Å². The van der Waals surface area contributed by atoms with E-state index in [-0.39, 0.29) is 0 Å². The van der Waals surface area contributed by atoms with Crippen molar-refractivity contribution in [2.75, 3.05) is 24.5 Å². The van der Waals surface area contributed by atoms with E-state index in [9.17, 15) is 0 Å². The molecule has 0 aliphatic carbocycles. The topological polar surface area (TPSA) is 24.3 Å². The first-order valence-electron chi connectivity index (χ1n) is 7.15. The molecule has 0 spiro atoms. The van der Waals surface area contributed by atoms with Crippen molar-refractivity contribution in [3.63, 3.8) is 0 Å². The Morgan fingerprint density at radius 3 is 2.83 bits per heavy atom. The molecule has 2 aliphatic heterocycles. The van der Waals surface area contributed by atoms with Crippen LogP contribution in [0.1, 0.15) is 26.7 Å². The molecule has 4 heteroatoms. The normalized spacial score (nSPS) is 29.0. The molecule has 2 aliphatic rings. The number of rotatable bonds is 2. The van der Waals surface area contributed by atoms with Crippen LogP contribution in [0.5, 0.6) is 0 Å². The van der Waals surface area contributed by atoms with Crippen LogP contribution in [0.4, 0.5) is 5.82 Å². The van der Waals surface area contributed by atoms with Crippen LogP contribution in [0.2, 0.25) is 0 Å². The Balaban J connectivity index is 1.85. The van der Waals surface area contributed by atoms with Crippen LogP contribution in [-0.4, -0.2) is 46.4 Å². The van der Waals surface area contributed by atoms with Crippen molar-refractivity contribution in [3.8, 4) is 0 Å². The summed E-state index contributed by atoms with van der Waals surface area (Å²) in [7, 11) is 2.00. The minimum Gasteiger partial charge on any atom is -0.349 e. The van der Waals surface area contributed by atoms with E-state index < -0.39 is 0 Å². The van der Waals surface area contributed by atoms with E-state index in [4.69, 9.17) is 0 Å². The van der Waals surface area contributed by atoms with Crippen molar-refractivity contribution in [2.45, 2.75) is 38.8 Å². The van der Waals surface area contributed by atoms with Gasteiger partial charge in [-0.15, -0.1) is 0 Å². The van der Waals surface area contributed by atoms with E-state index in [0.29, 0.717) is 12.0 Å². The number of hydrogen-bond donors (Lipinski definition) is 0. The van der Waals surface area contributed by atoms with Gasteiger partial charge in [-0.1, -0.05) is 13.8 Å². The third-order valence-electron chi connectivity index (χ3n) is 4.49. The maximum atomic E-state index is 4.61. The number of fused-ring (bicyclic) bond motifs is 1. The average molecular weight is 248 g/mol. The van der Waals surface area contributed by atoms with Crippen LogP contribution in [0.25, 0.3) is 0 Å². The van der Waals surface area contributed by atoms with Gasteiger partial charge in [0.15, 0.2) is 5.82 Å². The predicted octanol–water partition coefficient (Wildman–Crippen LogP) is 1.73. The molecule has 0 radical (unpaired) electrons. The molecule has 2 unspecified atom stereocenters. The van der Waals surface area contributed by atoms with Gasteiger partial charge in [0.2, 0.25) is 0 Å². The summed E-state index contributed by atoms with van der Waals surface area (Å²) in [6, 6.07) is 3.51. The second-order valence-electron chi connectivity index (χ2n) is 6.10. The van der Waals surface area contributed by atoms with E-state index in [0.717, 1.165) is 18.4 Å². The van der Waals surface area contributed by atoms with E-state index >= 15 is 0 Å². The molecular weight excluding hydrogens is 224 g/mol. The molecule has 3 heterocycles. The molecule has 0 bridgehead atoms. The number of piperazine rings is 1. The fourth-order valence-electron chi connectivity index (χ4n) is 3.43. The second kappa shape index (κ2) is 4.57. The van der Waals surface area contributed by atoms with Crippen LogP contribution < -0.4 is 4.90 Å². The Hall–Kier alpha value is -1.03. The Labute approximate surface area is 110 Å². The molecule has 0 aromatic carbocycles. The first-order chi connectivity index (χ1) is 8.65. The van der Waals surface area contributed by atoms with Crippen molar-refractivity contribution in [1.82, 2.24) is 14.7 Å². The Morgan fingerprint density at radius 2 is 2.17 bits per heavy atom. The fourth-order valence-corrected chi connectivity index (χ4v) is 3.43. The molecule has 0 saturated carbocycles. The van der Waals surface area contributed by atoms with E-state index in [1.165, 1.54) is 25.9 Å². The summed E-state index contributed by atoms with van der Waals surface area (Å²) in [6.07, 6.45) is 4.77. The fraction of sp³-hybridized carbons (Fsp3) is 0.786. The molecule has 4 nitrogen and oxygen atoms in total. The number of aromatic nitrogens is 2. The first-order valence-corrected chi connectivity index (χ1v) is 7.15. The highest BCUT2D eigenvalue weighted by molar-refractivity contribution is 5.40. The largest absolute Gasteiger partial charge is 0.349 e. The monoisotopic (exact) mass is 248 g/mol. The third-order valence-corrected chi connectivity index (χ3v) is 4.49.